The first-order chi connectivity index (χ1) is 18.3. The van der Waals surface area contributed by atoms with Crippen molar-refractivity contribution in [1.29, 1.82) is 0 Å². The van der Waals surface area contributed by atoms with E-state index < -0.39 is 18.4 Å². The summed E-state index contributed by atoms with van der Waals surface area (Å²) in [4.78, 5) is 25.7. The van der Waals surface area contributed by atoms with E-state index in [1.807, 2.05) is 48.5 Å². The number of aliphatic hydroxyl groups excluding tert-OH is 1. The standard InChI is InChI=1S/C30H40N2O6/c1-20-27(18-32-15-5-4-6-16-32)37-30(38-28(20)25-11-9-24(19-33)10-12-25)26-13-7-23(8-14-26)17-31-29(35)21(2)36-22(3)34/h7-14,20-21,27-28,30,33H,4-6,15-19H2,1-3H3,(H,31,35). The van der Waals surface area contributed by atoms with Crippen molar-refractivity contribution in [2.45, 2.75) is 77.8 Å². The molecule has 2 aromatic rings. The number of piperidine rings is 1. The van der Waals surface area contributed by atoms with E-state index in [2.05, 4.69) is 17.1 Å². The third-order valence-electron chi connectivity index (χ3n) is 7.44. The van der Waals surface area contributed by atoms with Crippen molar-refractivity contribution in [1.82, 2.24) is 10.2 Å². The number of rotatable bonds is 9. The lowest BCUT2D eigenvalue weighted by Gasteiger charge is -2.43. The molecule has 0 saturated carbocycles. The van der Waals surface area contributed by atoms with Crippen LogP contribution in [0.15, 0.2) is 48.5 Å². The Morgan fingerprint density at radius 3 is 2.26 bits per heavy atom. The smallest absolute Gasteiger partial charge is 0.303 e. The van der Waals surface area contributed by atoms with Crippen LogP contribution in [0.5, 0.6) is 0 Å². The number of carbonyl (C=O) groups excluding carboxylic acids is 2. The Hall–Kier alpha value is -2.78. The molecule has 2 aromatic carbocycles. The fourth-order valence-corrected chi connectivity index (χ4v) is 5.15. The van der Waals surface area contributed by atoms with Crippen molar-refractivity contribution in [2.75, 3.05) is 19.6 Å². The topological polar surface area (TPSA) is 97.3 Å². The van der Waals surface area contributed by atoms with Crippen LogP contribution in [-0.2, 0) is 37.0 Å². The monoisotopic (exact) mass is 524 g/mol. The van der Waals surface area contributed by atoms with Crippen LogP contribution in [-0.4, -0.2) is 53.7 Å². The van der Waals surface area contributed by atoms with Crippen LogP contribution in [0.25, 0.3) is 0 Å². The minimum absolute atomic E-state index is 0.0103. The highest BCUT2D eigenvalue weighted by atomic mass is 16.7. The first kappa shape index (κ1) is 28.2. The highest BCUT2D eigenvalue weighted by molar-refractivity contribution is 5.82. The maximum absolute atomic E-state index is 12.2. The summed E-state index contributed by atoms with van der Waals surface area (Å²) in [6, 6.07) is 15.8. The van der Waals surface area contributed by atoms with Crippen molar-refractivity contribution in [2.24, 2.45) is 5.92 Å². The van der Waals surface area contributed by atoms with Gasteiger partial charge in [0.05, 0.1) is 18.8 Å². The largest absolute Gasteiger partial charge is 0.453 e. The fourth-order valence-electron chi connectivity index (χ4n) is 5.15. The van der Waals surface area contributed by atoms with E-state index in [-0.39, 0.29) is 30.6 Å². The average molecular weight is 525 g/mol. The van der Waals surface area contributed by atoms with Gasteiger partial charge in [0, 0.05) is 31.5 Å². The molecule has 2 heterocycles. The number of amides is 1. The van der Waals surface area contributed by atoms with E-state index >= 15 is 0 Å². The third kappa shape index (κ3) is 7.41. The van der Waals surface area contributed by atoms with Crippen molar-refractivity contribution in [3.63, 3.8) is 0 Å². The number of likely N-dealkylation sites (tertiary alicyclic amines) is 1. The quantitative estimate of drug-likeness (QED) is 0.478. The highest BCUT2D eigenvalue weighted by Crippen LogP contribution is 2.42. The van der Waals surface area contributed by atoms with Crippen LogP contribution >= 0.6 is 0 Å². The van der Waals surface area contributed by atoms with Gasteiger partial charge in [0.2, 0.25) is 0 Å². The molecule has 0 radical (unpaired) electrons. The van der Waals surface area contributed by atoms with Crippen molar-refractivity contribution in [3.05, 3.63) is 70.8 Å². The van der Waals surface area contributed by atoms with Gasteiger partial charge in [0.25, 0.3) is 5.91 Å². The number of esters is 1. The normalized spacial score (nSPS) is 24.9. The lowest BCUT2D eigenvalue weighted by molar-refractivity contribution is -0.276. The second kappa shape index (κ2) is 13.3. The first-order valence-corrected chi connectivity index (χ1v) is 13.6. The van der Waals surface area contributed by atoms with Crippen molar-refractivity contribution in [3.8, 4) is 0 Å². The zero-order chi connectivity index (χ0) is 27.1. The summed E-state index contributed by atoms with van der Waals surface area (Å²) < 4.78 is 18.0. The van der Waals surface area contributed by atoms with Crippen LogP contribution in [0.1, 0.15) is 74.7 Å². The maximum atomic E-state index is 12.2. The summed E-state index contributed by atoms with van der Waals surface area (Å²) >= 11 is 0. The first-order valence-electron chi connectivity index (χ1n) is 13.6. The summed E-state index contributed by atoms with van der Waals surface area (Å²) in [5, 5.41) is 12.3. The van der Waals surface area contributed by atoms with Gasteiger partial charge >= 0.3 is 5.97 Å². The molecule has 4 rings (SSSR count). The molecule has 1 amide bonds. The number of aliphatic hydroxyl groups is 1. The number of hydrogen-bond donors (Lipinski definition) is 2. The van der Waals surface area contributed by atoms with Gasteiger partial charge in [0.1, 0.15) is 0 Å². The highest BCUT2D eigenvalue weighted by Gasteiger charge is 2.39. The molecule has 8 heteroatoms. The second-order valence-electron chi connectivity index (χ2n) is 10.4. The fraction of sp³-hybridized carbons (Fsp3) is 0.533. The number of nitrogens with zero attached hydrogens (tertiary/aromatic N) is 1. The average Bonchev–Trinajstić information content (AvgIpc) is 2.93. The summed E-state index contributed by atoms with van der Waals surface area (Å²) in [6.07, 6.45) is 2.26. The molecule has 0 bridgehead atoms. The molecule has 2 saturated heterocycles. The Labute approximate surface area is 225 Å². The molecule has 0 spiro atoms. The molecule has 5 atom stereocenters. The van der Waals surface area contributed by atoms with Gasteiger partial charge in [-0.15, -0.1) is 0 Å². The molecule has 2 N–H and O–H groups in total. The van der Waals surface area contributed by atoms with Gasteiger partial charge in [-0.3, -0.25) is 9.59 Å². The molecule has 0 aliphatic carbocycles. The summed E-state index contributed by atoms with van der Waals surface area (Å²) in [7, 11) is 0. The molecule has 0 aromatic heterocycles. The van der Waals surface area contributed by atoms with E-state index in [1.165, 1.54) is 26.2 Å². The minimum Gasteiger partial charge on any atom is -0.453 e. The lowest BCUT2D eigenvalue weighted by Crippen LogP contribution is -2.45. The maximum Gasteiger partial charge on any atom is 0.303 e. The molecule has 2 aliphatic rings. The van der Waals surface area contributed by atoms with E-state index in [9.17, 15) is 14.7 Å². The van der Waals surface area contributed by atoms with Gasteiger partial charge in [-0.2, -0.15) is 0 Å². The van der Waals surface area contributed by atoms with E-state index in [4.69, 9.17) is 14.2 Å². The van der Waals surface area contributed by atoms with Crippen LogP contribution in [0, 0.1) is 5.92 Å². The molecule has 206 valence electrons. The molecule has 38 heavy (non-hydrogen) atoms. The molecule has 2 aliphatic heterocycles. The number of nitrogens with one attached hydrogen (secondary N) is 1. The predicted molar refractivity (Wildman–Crippen MR) is 143 cm³/mol. The Morgan fingerprint density at radius 2 is 1.63 bits per heavy atom. The summed E-state index contributed by atoms with van der Waals surface area (Å²) in [5.41, 5.74) is 3.79. The second-order valence-corrected chi connectivity index (χ2v) is 10.4. The molecular formula is C30H40N2O6. The van der Waals surface area contributed by atoms with Gasteiger partial charge in [0.15, 0.2) is 12.4 Å². The van der Waals surface area contributed by atoms with Crippen LogP contribution in [0.2, 0.25) is 0 Å². The SMILES string of the molecule is CC(=O)OC(C)C(=O)NCc1ccc(C2OC(CN3CCCCC3)C(C)C(c3ccc(CO)cc3)O2)cc1. The van der Waals surface area contributed by atoms with Gasteiger partial charge in [-0.1, -0.05) is 61.9 Å². The number of benzene rings is 2. The zero-order valence-corrected chi connectivity index (χ0v) is 22.6. The summed E-state index contributed by atoms with van der Waals surface area (Å²) in [5.74, 6) is -0.672. The van der Waals surface area contributed by atoms with E-state index in [0.29, 0.717) is 6.54 Å². The van der Waals surface area contributed by atoms with Gasteiger partial charge < -0.3 is 29.5 Å². The molecule has 8 nitrogen and oxygen atoms in total. The molecule has 5 unspecified atom stereocenters. The lowest BCUT2D eigenvalue weighted by atomic mass is 9.89. The number of ether oxygens (including phenoxy) is 3. The molecule has 2 fully saturated rings. The van der Waals surface area contributed by atoms with E-state index in [0.717, 1.165) is 41.9 Å². The van der Waals surface area contributed by atoms with Crippen LogP contribution in [0.4, 0.5) is 0 Å². The van der Waals surface area contributed by atoms with E-state index in [1.54, 1.807) is 6.92 Å². The predicted octanol–water partition coefficient (Wildman–Crippen LogP) is 4.02. The number of carbonyl (C=O) groups is 2. The Bertz CT molecular complexity index is 1050. The van der Waals surface area contributed by atoms with Crippen molar-refractivity contribution < 1.29 is 28.9 Å². The van der Waals surface area contributed by atoms with Crippen molar-refractivity contribution >= 4 is 11.9 Å². The zero-order valence-electron chi connectivity index (χ0n) is 22.6. The third-order valence-corrected chi connectivity index (χ3v) is 7.44. The van der Waals surface area contributed by atoms with Crippen LogP contribution < -0.4 is 5.32 Å². The van der Waals surface area contributed by atoms with Crippen LogP contribution in [0.3, 0.4) is 0 Å². The summed E-state index contributed by atoms with van der Waals surface area (Å²) in [6.45, 7) is 8.44. The van der Waals surface area contributed by atoms with Gasteiger partial charge in [-0.25, -0.2) is 0 Å². The Morgan fingerprint density at radius 1 is 1.00 bits per heavy atom. The Kier molecular flexibility index (Phi) is 9.91. The minimum atomic E-state index is -0.835. The number of hydrogen-bond acceptors (Lipinski definition) is 7. The Balaban J connectivity index is 1.46. The molecular weight excluding hydrogens is 484 g/mol. The van der Waals surface area contributed by atoms with Gasteiger partial charge in [-0.05, 0) is 49.5 Å².